The molecule has 0 radical (unpaired) electrons. The Balaban J connectivity index is 0.00000180. The lowest BCUT2D eigenvalue weighted by atomic mass is 10.0. The van der Waals surface area contributed by atoms with Crippen molar-refractivity contribution in [2.24, 2.45) is 5.73 Å². The van der Waals surface area contributed by atoms with Crippen molar-refractivity contribution in [1.29, 1.82) is 0 Å². The normalized spacial score (nSPS) is 14.2. The fourth-order valence-corrected chi connectivity index (χ4v) is 2.61. The summed E-state index contributed by atoms with van der Waals surface area (Å²) in [5, 5.41) is 1.58. The van der Waals surface area contributed by atoms with Crippen molar-refractivity contribution in [3.05, 3.63) is 35.2 Å². The molecule has 2 N–H and O–H groups in total. The molecule has 0 saturated heterocycles. The van der Waals surface area contributed by atoms with Crippen molar-refractivity contribution < 1.29 is 22.0 Å². The van der Waals surface area contributed by atoms with Crippen LogP contribution in [-0.4, -0.2) is 12.1 Å². The highest BCUT2D eigenvalue weighted by Gasteiger charge is 2.62. The smallest absolute Gasteiger partial charge is 0.319 e. The summed E-state index contributed by atoms with van der Waals surface area (Å²) in [6.07, 6.45) is -5.66. The molecule has 0 unspecified atom stereocenters. The fraction of sp³-hybridized carbons (Fsp3) is 0.273. The third kappa shape index (κ3) is 2.68. The van der Waals surface area contributed by atoms with Crippen LogP contribution >= 0.6 is 23.7 Å². The van der Waals surface area contributed by atoms with Gasteiger partial charge in [-0.2, -0.15) is 22.0 Å². The van der Waals surface area contributed by atoms with Crippen LogP contribution in [-0.2, 0) is 0 Å². The number of thiophene rings is 1. The van der Waals surface area contributed by atoms with Gasteiger partial charge in [0, 0.05) is 4.70 Å². The van der Waals surface area contributed by atoms with Crippen LogP contribution in [0.2, 0.25) is 0 Å². The van der Waals surface area contributed by atoms with Crippen LogP contribution in [0.1, 0.15) is 11.6 Å². The molecule has 1 atom stereocenters. The van der Waals surface area contributed by atoms with Crippen molar-refractivity contribution in [3.63, 3.8) is 0 Å². The minimum absolute atomic E-state index is 0. The summed E-state index contributed by atoms with van der Waals surface area (Å²) in [6.45, 7) is 0. The summed E-state index contributed by atoms with van der Waals surface area (Å²) in [5.41, 5.74) is 4.92. The first-order valence-corrected chi connectivity index (χ1v) is 5.79. The van der Waals surface area contributed by atoms with Crippen LogP contribution in [0.4, 0.5) is 22.0 Å². The Morgan fingerprint density at radius 2 is 1.63 bits per heavy atom. The van der Waals surface area contributed by atoms with Gasteiger partial charge in [0.1, 0.15) is 6.04 Å². The third-order valence-electron chi connectivity index (χ3n) is 2.61. The van der Waals surface area contributed by atoms with Gasteiger partial charge >= 0.3 is 12.1 Å². The average molecular weight is 318 g/mol. The van der Waals surface area contributed by atoms with Crippen LogP contribution in [0.5, 0.6) is 0 Å². The van der Waals surface area contributed by atoms with Crippen LogP contribution in [0.25, 0.3) is 10.1 Å². The van der Waals surface area contributed by atoms with Crippen LogP contribution in [0.3, 0.4) is 0 Å². The number of nitrogens with two attached hydrogens (primary N) is 1. The van der Waals surface area contributed by atoms with Gasteiger partial charge in [0.05, 0.1) is 0 Å². The zero-order valence-corrected chi connectivity index (χ0v) is 10.9. The van der Waals surface area contributed by atoms with E-state index in [0.29, 0.717) is 10.1 Å². The van der Waals surface area contributed by atoms with Crippen LogP contribution in [0, 0.1) is 0 Å². The van der Waals surface area contributed by atoms with Gasteiger partial charge in [-0.1, -0.05) is 18.2 Å². The lowest BCUT2D eigenvalue weighted by Crippen LogP contribution is -2.45. The number of hydrogen-bond acceptors (Lipinski definition) is 2. The predicted molar refractivity (Wildman–Crippen MR) is 67.0 cm³/mol. The molecule has 0 bridgehead atoms. The second-order valence-corrected chi connectivity index (χ2v) is 4.70. The first-order valence-electron chi connectivity index (χ1n) is 4.91. The second-order valence-electron chi connectivity index (χ2n) is 3.79. The monoisotopic (exact) mass is 317 g/mol. The van der Waals surface area contributed by atoms with E-state index < -0.39 is 18.1 Å². The predicted octanol–water partition coefficient (Wildman–Crippen LogP) is 4.52. The minimum atomic E-state index is -5.66. The summed E-state index contributed by atoms with van der Waals surface area (Å²) in [6, 6.07) is 3.97. The Kier molecular flexibility index (Phi) is 4.44. The lowest BCUT2D eigenvalue weighted by molar-refractivity contribution is -0.290. The van der Waals surface area contributed by atoms with Crippen LogP contribution in [0.15, 0.2) is 29.6 Å². The van der Waals surface area contributed by atoms with E-state index in [0.717, 1.165) is 11.3 Å². The highest BCUT2D eigenvalue weighted by molar-refractivity contribution is 7.17. The van der Waals surface area contributed by atoms with Gasteiger partial charge in [-0.25, -0.2) is 0 Å². The minimum Gasteiger partial charge on any atom is -0.319 e. The molecule has 1 aromatic carbocycles. The van der Waals surface area contributed by atoms with Crippen molar-refractivity contribution in [2.75, 3.05) is 0 Å². The molecule has 0 aliphatic heterocycles. The molecule has 0 aliphatic carbocycles. The number of benzene rings is 1. The first-order chi connectivity index (χ1) is 8.25. The summed E-state index contributed by atoms with van der Waals surface area (Å²) in [4.78, 5) is 0. The maximum absolute atomic E-state index is 13.2. The van der Waals surface area contributed by atoms with Gasteiger partial charge in [0.15, 0.2) is 0 Å². The zero-order chi connectivity index (χ0) is 13.6. The average Bonchev–Trinajstić information content (AvgIpc) is 2.70. The van der Waals surface area contributed by atoms with Crippen molar-refractivity contribution in [1.82, 2.24) is 0 Å². The number of halogens is 6. The van der Waals surface area contributed by atoms with E-state index in [1.165, 1.54) is 11.4 Å². The van der Waals surface area contributed by atoms with E-state index in [2.05, 4.69) is 0 Å². The standard InChI is InChI=1S/C11H8F5NS.ClH/c12-10(13,11(14,15)16)9(17)7-5-18-8-4-2-1-3-6(7)8;/h1-5,9H,17H2;1H/t9-;/m0./s1. The third-order valence-corrected chi connectivity index (χ3v) is 3.60. The number of hydrogen-bond donors (Lipinski definition) is 1. The SMILES string of the molecule is Cl.N[C@@H](c1csc2ccccc12)C(F)(F)C(F)(F)F. The molecule has 106 valence electrons. The Hall–Kier alpha value is -0.920. The molecule has 0 fully saturated rings. The van der Waals surface area contributed by atoms with Gasteiger partial charge in [-0.15, -0.1) is 23.7 Å². The molecule has 19 heavy (non-hydrogen) atoms. The molecule has 1 heterocycles. The largest absolute Gasteiger partial charge is 0.455 e. The van der Waals surface area contributed by atoms with E-state index in [4.69, 9.17) is 5.73 Å². The maximum Gasteiger partial charge on any atom is 0.455 e. The Morgan fingerprint density at radius 3 is 2.21 bits per heavy atom. The Morgan fingerprint density at radius 1 is 1.05 bits per heavy atom. The van der Waals surface area contributed by atoms with Crippen molar-refractivity contribution in [3.8, 4) is 0 Å². The first kappa shape index (κ1) is 16.1. The second kappa shape index (κ2) is 5.22. The number of alkyl halides is 5. The van der Waals surface area contributed by atoms with E-state index in [1.807, 2.05) is 0 Å². The summed E-state index contributed by atoms with van der Waals surface area (Å²) < 4.78 is 63.7. The van der Waals surface area contributed by atoms with E-state index in [9.17, 15) is 22.0 Å². The van der Waals surface area contributed by atoms with E-state index in [-0.39, 0.29) is 18.0 Å². The fourth-order valence-electron chi connectivity index (χ4n) is 1.61. The summed E-state index contributed by atoms with van der Waals surface area (Å²) >= 11 is 1.09. The molecule has 2 rings (SSSR count). The van der Waals surface area contributed by atoms with Crippen LogP contribution < -0.4 is 5.73 Å². The van der Waals surface area contributed by atoms with Gasteiger partial charge in [0.2, 0.25) is 0 Å². The zero-order valence-electron chi connectivity index (χ0n) is 9.25. The van der Waals surface area contributed by atoms with E-state index >= 15 is 0 Å². The quantitative estimate of drug-likeness (QED) is 0.810. The molecular formula is C11H9ClF5NS. The molecular weight excluding hydrogens is 309 g/mol. The molecule has 1 aromatic heterocycles. The van der Waals surface area contributed by atoms with Crippen molar-refractivity contribution in [2.45, 2.75) is 18.1 Å². The molecule has 2 aromatic rings. The number of rotatable bonds is 2. The van der Waals surface area contributed by atoms with Gasteiger partial charge in [-0.3, -0.25) is 0 Å². The Labute approximate surface area is 115 Å². The molecule has 8 heteroatoms. The molecule has 0 aliphatic rings. The van der Waals surface area contributed by atoms with E-state index in [1.54, 1.807) is 18.2 Å². The molecule has 0 amide bonds. The maximum atomic E-state index is 13.2. The van der Waals surface area contributed by atoms with Crippen molar-refractivity contribution >= 4 is 33.8 Å². The van der Waals surface area contributed by atoms with Gasteiger partial charge in [-0.05, 0) is 22.4 Å². The number of fused-ring (bicyclic) bond motifs is 1. The lowest BCUT2D eigenvalue weighted by Gasteiger charge is -2.25. The Bertz CT molecular complexity index is 565. The molecule has 0 spiro atoms. The van der Waals surface area contributed by atoms with Gasteiger partial charge < -0.3 is 5.73 Å². The highest BCUT2D eigenvalue weighted by Crippen LogP contribution is 2.45. The summed E-state index contributed by atoms with van der Waals surface area (Å²) in [5.74, 6) is -4.95. The van der Waals surface area contributed by atoms with Gasteiger partial charge in [0.25, 0.3) is 0 Å². The highest BCUT2D eigenvalue weighted by atomic mass is 35.5. The molecule has 1 nitrogen and oxygen atoms in total. The molecule has 0 saturated carbocycles. The summed E-state index contributed by atoms with van der Waals surface area (Å²) in [7, 11) is 0. The topological polar surface area (TPSA) is 26.0 Å².